The molecule has 2 aromatic rings. The number of hydrogen-bond acceptors (Lipinski definition) is 1. The molecule has 0 spiro atoms. The Labute approximate surface area is 123 Å². The van der Waals surface area contributed by atoms with Gasteiger partial charge in [-0.05, 0) is 43.4 Å². The number of para-hydroxylation sites is 1. The first kappa shape index (κ1) is 14.6. The minimum Gasteiger partial charge on any atom is -0.378 e. The molecule has 2 aromatic carbocycles. The lowest BCUT2D eigenvalue weighted by Crippen LogP contribution is -2.12. The van der Waals surface area contributed by atoms with Crippen LogP contribution in [0.15, 0.2) is 42.5 Å². The van der Waals surface area contributed by atoms with E-state index in [2.05, 4.69) is 75.5 Å². The molecule has 0 aliphatic rings. The van der Waals surface area contributed by atoms with E-state index in [0.29, 0.717) is 6.04 Å². The van der Waals surface area contributed by atoms with Crippen LogP contribution in [0.1, 0.15) is 48.6 Å². The summed E-state index contributed by atoms with van der Waals surface area (Å²) in [6.45, 7) is 8.77. The van der Waals surface area contributed by atoms with Gasteiger partial charge in [-0.1, -0.05) is 61.9 Å². The summed E-state index contributed by atoms with van der Waals surface area (Å²) in [6, 6.07) is 15.8. The molecule has 106 valence electrons. The SMILES string of the molecule is CCc1cccc(C)c1NC(CC)c1ccc(C)cc1. The van der Waals surface area contributed by atoms with Crippen molar-refractivity contribution in [1.82, 2.24) is 0 Å². The fraction of sp³-hybridized carbons (Fsp3) is 0.368. The lowest BCUT2D eigenvalue weighted by Gasteiger charge is -2.22. The smallest absolute Gasteiger partial charge is 0.0511 e. The number of aryl methyl sites for hydroxylation is 3. The molecule has 0 aliphatic carbocycles. The van der Waals surface area contributed by atoms with Gasteiger partial charge in [-0.25, -0.2) is 0 Å². The van der Waals surface area contributed by atoms with Crippen molar-refractivity contribution in [2.75, 3.05) is 5.32 Å². The molecule has 20 heavy (non-hydrogen) atoms. The average Bonchev–Trinajstić information content (AvgIpc) is 2.47. The van der Waals surface area contributed by atoms with E-state index in [1.165, 1.54) is 27.9 Å². The van der Waals surface area contributed by atoms with Crippen LogP contribution in [0, 0.1) is 13.8 Å². The number of rotatable bonds is 5. The van der Waals surface area contributed by atoms with Gasteiger partial charge in [0.2, 0.25) is 0 Å². The van der Waals surface area contributed by atoms with Crippen molar-refractivity contribution >= 4 is 5.69 Å². The van der Waals surface area contributed by atoms with E-state index in [4.69, 9.17) is 0 Å². The van der Waals surface area contributed by atoms with Gasteiger partial charge in [0.1, 0.15) is 0 Å². The predicted octanol–water partition coefficient (Wildman–Crippen LogP) is 5.43. The molecule has 0 amide bonds. The third-order valence-corrected chi connectivity index (χ3v) is 3.95. The Balaban J connectivity index is 2.29. The predicted molar refractivity (Wildman–Crippen MR) is 88.4 cm³/mol. The maximum absolute atomic E-state index is 3.75. The van der Waals surface area contributed by atoms with E-state index in [1.54, 1.807) is 0 Å². The summed E-state index contributed by atoms with van der Waals surface area (Å²) in [4.78, 5) is 0. The largest absolute Gasteiger partial charge is 0.378 e. The summed E-state index contributed by atoms with van der Waals surface area (Å²) < 4.78 is 0. The van der Waals surface area contributed by atoms with Crippen molar-refractivity contribution in [3.63, 3.8) is 0 Å². The zero-order valence-electron chi connectivity index (χ0n) is 13.0. The first-order valence-corrected chi connectivity index (χ1v) is 7.57. The second-order valence-electron chi connectivity index (χ2n) is 5.48. The Kier molecular flexibility index (Phi) is 4.84. The van der Waals surface area contributed by atoms with Crippen LogP contribution in [-0.2, 0) is 6.42 Å². The van der Waals surface area contributed by atoms with Crippen molar-refractivity contribution < 1.29 is 0 Å². The van der Waals surface area contributed by atoms with Crippen molar-refractivity contribution in [2.45, 2.75) is 46.6 Å². The van der Waals surface area contributed by atoms with Gasteiger partial charge in [0.05, 0.1) is 6.04 Å². The highest BCUT2D eigenvalue weighted by Crippen LogP contribution is 2.28. The summed E-state index contributed by atoms with van der Waals surface area (Å²) in [5, 5.41) is 3.75. The van der Waals surface area contributed by atoms with Crippen LogP contribution in [0.2, 0.25) is 0 Å². The van der Waals surface area contributed by atoms with Gasteiger partial charge < -0.3 is 5.32 Å². The van der Waals surface area contributed by atoms with Gasteiger partial charge in [0.15, 0.2) is 0 Å². The second-order valence-corrected chi connectivity index (χ2v) is 5.48. The van der Waals surface area contributed by atoms with Gasteiger partial charge in [-0.2, -0.15) is 0 Å². The Hall–Kier alpha value is -1.76. The molecule has 0 aromatic heterocycles. The molecule has 0 fully saturated rings. The fourth-order valence-electron chi connectivity index (χ4n) is 2.62. The molecule has 0 saturated carbocycles. The van der Waals surface area contributed by atoms with Gasteiger partial charge in [-0.3, -0.25) is 0 Å². The lowest BCUT2D eigenvalue weighted by atomic mass is 10.00. The van der Waals surface area contributed by atoms with Crippen LogP contribution >= 0.6 is 0 Å². The highest BCUT2D eigenvalue weighted by Gasteiger charge is 2.12. The molecule has 1 N–H and O–H groups in total. The molecule has 1 unspecified atom stereocenters. The zero-order valence-corrected chi connectivity index (χ0v) is 13.0. The van der Waals surface area contributed by atoms with Gasteiger partial charge in [0.25, 0.3) is 0 Å². The maximum Gasteiger partial charge on any atom is 0.0511 e. The molecule has 1 nitrogen and oxygen atoms in total. The van der Waals surface area contributed by atoms with E-state index in [9.17, 15) is 0 Å². The van der Waals surface area contributed by atoms with Crippen molar-refractivity contribution in [2.24, 2.45) is 0 Å². The summed E-state index contributed by atoms with van der Waals surface area (Å²) in [6.07, 6.45) is 2.15. The molecule has 0 aliphatic heterocycles. The second kappa shape index (κ2) is 6.60. The molecular formula is C19H25N. The Morgan fingerprint density at radius 1 is 0.950 bits per heavy atom. The van der Waals surface area contributed by atoms with E-state index in [-0.39, 0.29) is 0 Å². The Morgan fingerprint density at radius 2 is 1.65 bits per heavy atom. The normalized spacial score (nSPS) is 12.2. The van der Waals surface area contributed by atoms with Gasteiger partial charge in [0, 0.05) is 5.69 Å². The molecule has 0 radical (unpaired) electrons. The average molecular weight is 267 g/mol. The van der Waals surface area contributed by atoms with Gasteiger partial charge in [-0.15, -0.1) is 0 Å². The molecule has 0 saturated heterocycles. The molecule has 1 heteroatoms. The Morgan fingerprint density at radius 3 is 2.25 bits per heavy atom. The van der Waals surface area contributed by atoms with E-state index in [1.807, 2.05) is 0 Å². The number of benzene rings is 2. The monoisotopic (exact) mass is 267 g/mol. The van der Waals surface area contributed by atoms with Crippen LogP contribution < -0.4 is 5.32 Å². The number of anilines is 1. The van der Waals surface area contributed by atoms with Gasteiger partial charge >= 0.3 is 0 Å². The Bertz CT molecular complexity index is 554. The molecule has 2 rings (SSSR count). The minimum absolute atomic E-state index is 0.377. The minimum atomic E-state index is 0.377. The quantitative estimate of drug-likeness (QED) is 0.761. The van der Waals surface area contributed by atoms with E-state index < -0.39 is 0 Å². The van der Waals surface area contributed by atoms with Crippen LogP contribution in [0.4, 0.5) is 5.69 Å². The molecule has 1 atom stereocenters. The number of nitrogens with one attached hydrogen (secondary N) is 1. The maximum atomic E-state index is 3.75. The zero-order chi connectivity index (χ0) is 14.5. The van der Waals surface area contributed by atoms with Crippen LogP contribution in [-0.4, -0.2) is 0 Å². The van der Waals surface area contributed by atoms with Crippen molar-refractivity contribution in [3.8, 4) is 0 Å². The van der Waals surface area contributed by atoms with Crippen molar-refractivity contribution in [3.05, 3.63) is 64.7 Å². The topological polar surface area (TPSA) is 12.0 Å². The summed E-state index contributed by atoms with van der Waals surface area (Å²) in [5.74, 6) is 0. The highest BCUT2D eigenvalue weighted by molar-refractivity contribution is 5.58. The van der Waals surface area contributed by atoms with Crippen molar-refractivity contribution in [1.29, 1.82) is 0 Å². The summed E-state index contributed by atoms with van der Waals surface area (Å²) in [7, 11) is 0. The standard InChI is InChI=1S/C19H25N/c1-5-16-9-7-8-15(4)19(16)20-18(6-2)17-12-10-14(3)11-13-17/h7-13,18,20H,5-6H2,1-4H3. The molecule has 0 heterocycles. The van der Waals surface area contributed by atoms with Crippen LogP contribution in [0.3, 0.4) is 0 Å². The summed E-state index contributed by atoms with van der Waals surface area (Å²) >= 11 is 0. The van der Waals surface area contributed by atoms with E-state index >= 15 is 0 Å². The third kappa shape index (κ3) is 3.22. The van der Waals surface area contributed by atoms with Crippen LogP contribution in [0.5, 0.6) is 0 Å². The lowest BCUT2D eigenvalue weighted by molar-refractivity contribution is 0.746. The fourth-order valence-corrected chi connectivity index (χ4v) is 2.62. The highest BCUT2D eigenvalue weighted by atomic mass is 14.9. The molecule has 0 bridgehead atoms. The summed E-state index contributed by atoms with van der Waals surface area (Å²) in [5.41, 5.74) is 6.71. The third-order valence-electron chi connectivity index (χ3n) is 3.95. The number of hydrogen-bond donors (Lipinski definition) is 1. The first-order valence-electron chi connectivity index (χ1n) is 7.57. The first-order chi connectivity index (χ1) is 9.65. The van der Waals surface area contributed by atoms with Crippen LogP contribution in [0.25, 0.3) is 0 Å². The molecular weight excluding hydrogens is 242 g/mol. The van der Waals surface area contributed by atoms with E-state index in [0.717, 1.165) is 12.8 Å².